The molecule has 2 heterocycles. The summed E-state index contributed by atoms with van der Waals surface area (Å²) >= 11 is 0. The molecule has 2 atom stereocenters. The predicted octanol–water partition coefficient (Wildman–Crippen LogP) is -0.828. The maximum atomic E-state index is 13.2. The van der Waals surface area contributed by atoms with E-state index in [0.717, 1.165) is 0 Å². The molecule has 0 aliphatic carbocycles. The van der Waals surface area contributed by atoms with Crippen LogP contribution in [0.25, 0.3) is 11.2 Å². The Morgan fingerprint density at radius 3 is 3.00 bits per heavy atom. The second-order valence-electron chi connectivity index (χ2n) is 4.04. The number of ether oxygens (including phenoxy) is 1. The number of aromatic nitrogens is 4. The molecule has 0 unspecified atom stereocenters. The van der Waals surface area contributed by atoms with Gasteiger partial charge in [0, 0.05) is 0 Å². The van der Waals surface area contributed by atoms with Gasteiger partial charge in [-0.3, -0.25) is 4.57 Å². The molecule has 21 heavy (non-hydrogen) atoms. The SMILES string of the molecule is N=[N+]=NC[C@@H](C[O-])O[C@@H](CF)n1cnc2c(N)ncnc21. The van der Waals surface area contributed by atoms with Crippen molar-refractivity contribution in [1.29, 1.82) is 5.53 Å². The molecule has 2 aromatic rings. The summed E-state index contributed by atoms with van der Waals surface area (Å²) < 4.78 is 19.9. The molecule has 0 fully saturated rings. The molecule has 0 radical (unpaired) electrons. The standard InChI is InChI=1S/C10H13FN8O2/c11-1-7(21-6(3-20)2-17-18-13)19-5-16-8-9(12)14-4-15-10(8)19/h4-7,13H,1-3H2,(H2,12,14,15)/t6-,7-/m0/s1. The number of nitrogens with one attached hydrogen (secondary N) is 1. The third-order valence-electron chi connectivity index (χ3n) is 2.72. The lowest BCUT2D eigenvalue weighted by molar-refractivity contribution is -0.388. The second kappa shape index (κ2) is 6.79. The summed E-state index contributed by atoms with van der Waals surface area (Å²) in [6.07, 6.45) is 0.541. The molecule has 0 aliphatic heterocycles. The van der Waals surface area contributed by atoms with Crippen LogP contribution in [0.5, 0.6) is 0 Å². The van der Waals surface area contributed by atoms with Gasteiger partial charge < -0.3 is 15.6 Å². The van der Waals surface area contributed by atoms with Crippen molar-refractivity contribution in [2.75, 3.05) is 25.6 Å². The molecular weight excluding hydrogens is 283 g/mol. The molecule has 0 aliphatic rings. The summed E-state index contributed by atoms with van der Waals surface area (Å²) in [4.78, 5) is 14.5. The summed E-state index contributed by atoms with van der Waals surface area (Å²) in [6.45, 7) is -1.66. The van der Waals surface area contributed by atoms with Gasteiger partial charge in [-0.25, -0.2) is 19.3 Å². The number of nitrogens with zero attached hydrogens (tertiary/aromatic N) is 6. The molecule has 0 saturated carbocycles. The van der Waals surface area contributed by atoms with E-state index in [1.54, 1.807) is 0 Å². The van der Waals surface area contributed by atoms with E-state index in [-0.39, 0.29) is 12.4 Å². The predicted molar refractivity (Wildman–Crippen MR) is 66.6 cm³/mol. The number of nitrogens with two attached hydrogens (primary N) is 1. The van der Waals surface area contributed by atoms with Crippen LogP contribution in [0.4, 0.5) is 10.2 Å². The Hall–Kier alpha value is -2.49. The third-order valence-corrected chi connectivity index (χ3v) is 2.72. The molecule has 2 rings (SSSR count). The molecule has 11 heteroatoms. The van der Waals surface area contributed by atoms with E-state index in [2.05, 4.69) is 25.0 Å². The first-order valence-electron chi connectivity index (χ1n) is 5.97. The lowest BCUT2D eigenvalue weighted by Gasteiger charge is -2.23. The Morgan fingerprint density at radius 2 is 2.33 bits per heavy atom. The van der Waals surface area contributed by atoms with E-state index in [1.165, 1.54) is 17.2 Å². The van der Waals surface area contributed by atoms with Crippen molar-refractivity contribution in [3.05, 3.63) is 12.7 Å². The van der Waals surface area contributed by atoms with Crippen LogP contribution in [0.15, 0.2) is 17.8 Å². The van der Waals surface area contributed by atoms with Gasteiger partial charge in [0.1, 0.15) is 35.7 Å². The highest BCUT2D eigenvalue weighted by Crippen LogP contribution is 2.21. The average Bonchev–Trinajstić information content (AvgIpc) is 2.93. The van der Waals surface area contributed by atoms with Gasteiger partial charge in [0.25, 0.3) is 0 Å². The minimum Gasteiger partial charge on any atom is -0.853 e. The zero-order valence-electron chi connectivity index (χ0n) is 10.9. The fraction of sp³-hybridized carbons (Fsp3) is 0.500. The molecule has 0 saturated heterocycles. The number of fused-ring (bicyclic) bond motifs is 1. The fourth-order valence-electron chi connectivity index (χ4n) is 1.75. The maximum Gasteiger partial charge on any atom is 0.214 e. The number of rotatable bonds is 7. The minimum atomic E-state index is -1.09. The molecule has 3 N–H and O–H groups in total. The van der Waals surface area contributed by atoms with E-state index in [1.807, 2.05) is 0 Å². The lowest BCUT2D eigenvalue weighted by atomic mass is 10.4. The van der Waals surface area contributed by atoms with Crippen LogP contribution in [0.1, 0.15) is 6.23 Å². The summed E-state index contributed by atoms with van der Waals surface area (Å²) in [5, 5.41) is 14.4. The number of hydrogen-bond donors (Lipinski definition) is 2. The van der Waals surface area contributed by atoms with Crippen molar-refractivity contribution in [3.63, 3.8) is 0 Å². The molecule has 0 amide bonds. The van der Waals surface area contributed by atoms with Gasteiger partial charge in [-0.2, -0.15) is 0 Å². The van der Waals surface area contributed by atoms with Crippen molar-refractivity contribution < 1.29 is 14.2 Å². The second-order valence-corrected chi connectivity index (χ2v) is 4.04. The first-order valence-corrected chi connectivity index (χ1v) is 5.97. The Morgan fingerprint density at radius 1 is 1.52 bits per heavy atom. The van der Waals surface area contributed by atoms with Crippen LogP contribution >= 0.6 is 0 Å². The summed E-state index contributed by atoms with van der Waals surface area (Å²) in [6, 6.07) is 0. The highest BCUT2D eigenvalue weighted by atomic mass is 19.1. The first-order chi connectivity index (χ1) is 10.2. The zero-order chi connectivity index (χ0) is 15.2. The van der Waals surface area contributed by atoms with Crippen LogP contribution in [-0.2, 0) is 4.74 Å². The van der Waals surface area contributed by atoms with Crippen molar-refractivity contribution in [2.24, 2.45) is 5.11 Å². The number of alkyl halides is 1. The van der Waals surface area contributed by atoms with Crippen LogP contribution in [-0.4, -0.2) is 45.4 Å². The van der Waals surface area contributed by atoms with Crippen molar-refractivity contribution in [3.8, 4) is 0 Å². The van der Waals surface area contributed by atoms with Crippen LogP contribution < -0.4 is 15.8 Å². The molecule has 10 nitrogen and oxygen atoms in total. The van der Waals surface area contributed by atoms with E-state index < -0.39 is 25.6 Å². The molecule has 2 aromatic heterocycles. The molecule has 0 bridgehead atoms. The van der Waals surface area contributed by atoms with E-state index in [4.69, 9.17) is 16.0 Å². The fourth-order valence-corrected chi connectivity index (χ4v) is 1.75. The van der Waals surface area contributed by atoms with Crippen LogP contribution in [0.2, 0.25) is 0 Å². The van der Waals surface area contributed by atoms with Crippen molar-refractivity contribution in [1.82, 2.24) is 24.4 Å². The Balaban J connectivity index is 2.27. The van der Waals surface area contributed by atoms with Gasteiger partial charge >= 0.3 is 0 Å². The number of imidazole rings is 1. The number of hydrogen-bond acceptors (Lipinski definition) is 8. The topological polar surface area (TPSA) is 152 Å². The largest absolute Gasteiger partial charge is 0.853 e. The maximum absolute atomic E-state index is 13.2. The van der Waals surface area contributed by atoms with Crippen LogP contribution in [0, 0.1) is 5.53 Å². The van der Waals surface area contributed by atoms with Crippen LogP contribution in [0.3, 0.4) is 0 Å². The quantitative estimate of drug-likeness (QED) is 0.502. The summed E-state index contributed by atoms with van der Waals surface area (Å²) in [5.41, 5.74) is 12.8. The Kier molecular flexibility index (Phi) is 4.82. The third kappa shape index (κ3) is 3.16. The van der Waals surface area contributed by atoms with E-state index in [0.29, 0.717) is 11.2 Å². The summed E-state index contributed by atoms with van der Waals surface area (Å²) in [7, 11) is 0. The van der Waals surface area contributed by atoms with Gasteiger partial charge in [-0.05, 0) is 0 Å². The smallest absolute Gasteiger partial charge is 0.214 e. The highest BCUT2D eigenvalue weighted by molar-refractivity contribution is 5.81. The first kappa shape index (κ1) is 14.9. The van der Waals surface area contributed by atoms with Gasteiger partial charge in [0.05, 0.1) is 12.4 Å². The number of anilines is 1. The average molecular weight is 296 g/mol. The monoisotopic (exact) mass is 296 g/mol. The van der Waals surface area contributed by atoms with Gasteiger partial charge in [0.15, 0.2) is 17.7 Å². The Bertz CT molecular complexity index is 656. The van der Waals surface area contributed by atoms with Crippen molar-refractivity contribution in [2.45, 2.75) is 12.3 Å². The van der Waals surface area contributed by atoms with Gasteiger partial charge in [0.2, 0.25) is 4.91 Å². The molecule has 0 aromatic carbocycles. The molecule has 0 spiro atoms. The zero-order valence-corrected chi connectivity index (χ0v) is 10.9. The number of halogens is 1. The van der Waals surface area contributed by atoms with E-state index in [9.17, 15) is 9.50 Å². The van der Waals surface area contributed by atoms with Gasteiger partial charge in [-0.15, -0.1) is 6.61 Å². The minimum absolute atomic E-state index is 0.118. The highest BCUT2D eigenvalue weighted by Gasteiger charge is 2.20. The number of nitrogen functional groups attached to an aromatic ring is 1. The lowest BCUT2D eigenvalue weighted by Crippen LogP contribution is -2.33. The normalized spacial score (nSPS) is 13.8. The van der Waals surface area contributed by atoms with Gasteiger partial charge in [-0.1, -0.05) is 0 Å². The van der Waals surface area contributed by atoms with Crippen molar-refractivity contribution >= 4 is 17.0 Å². The molecular formula is C10H13FN8O2. The van der Waals surface area contributed by atoms with E-state index >= 15 is 0 Å². The summed E-state index contributed by atoms with van der Waals surface area (Å²) in [5.74, 6) is 0.166. The Labute approximate surface area is 118 Å². The molecule has 112 valence electrons.